The summed E-state index contributed by atoms with van der Waals surface area (Å²) in [5, 5.41) is 5.87. The van der Waals surface area contributed by atoms with Crippen molar-refractivity contribution in [1.82, 2.24) is 10.6 Å². The fraction of sp³-hybridized carbons (Fsp3) is 0.662. The van der Waals surface area contributed by atoms with E-state index in [0.717, 1.165) is 49.9 Å². The van der Waals surface area contributed by atoms with Crippen LogP contribution < -0.4 is 10.6 Å². The lowest BCUT2D eigenvalue weighted by Crippen LogP contribution is -2.31. The predicted molar refractivity (Wildman–Crippen MR) is 361 cm³/mol. The zero-order valence-corrected chi connectivity index (χ0v) is 57.9. The van der Waals surface area contributed by atoms with Gasteiger partial charge >= 0.3 is 17.9 Å². The summed E-state index contributed by atoms with van der Waals surface area (Å²) in [5.74, 6) is 4.87. The standard InChI is InChI=1S/C7H13NO.C7H12O2.C6H11NO.2C6H10O2.2C6H12O.2C5H10O.C5H10.C5H8.C3H8S.CH4/c1-5(2)7(9)8-6(3)4;1-5(2)7(8)9-6(3)4;1-4-6(8)7-5(2)3;1-4-8-6(7)5(2)3;1-4-6(7)8-5(2)3;1-5(2)6-3-7-4-6;1-4-5-7-6(2)3;1-4(2)5-3-6-5;1-4-6-5(2)3;2*1-4-5(2)3;1-3(2)4;/h6H,1H2,2-4H3,(H,8,9);6H,1H2,2-4H3;4-5H,1H2,2-3H3,(H,7,8);2*4-5H,1H2,2-3H3;5-6H,3-4H2,1-2H3;4,6H,1,5H2,2-3H3;4-5H,3H2,1-2H3;4-5H,1H2,2-3H3;4-5H,1H2,2-3H3;1,5H,2-3H3;3-4H,1-2H3;1H4. The molecule has 15 heteroatoms. The third kappa shape index (κ3) is 129. The molecule has 2 amide bonds. The van der Waals surface area contributed by atoms with Crippen molar-refractivity contribution in [2.45, 2.75) is 235 Å². The maximum Gasteiger partial charge on any atom is 0.333 e. The number of amides is 2. The minimum absolute atomic E-state index is 0. The second kappa shape index (κ2) is 73.0. The Labute approximate surface area is 518 Å². The van der Waals surface area contributed by atoms with Crippen molar-refractivity contribution < 1.29 is 57.1 Å². The van der Waals surface area contributed by atoms with E-state index >= 15 is 0 Å². The van der Waals surface area contributed by atoms with Crippen LogP contribution in [-0.4, -0.2) is 104 Å². The van der Waals surface area contributed by atoms with E-state index in [0.29, 0.717) is 47.0 Å². The molecule has 2 heterocycles. The number of allylic oxidation sites excluding steroid dienone is 1. The fourth-order valence-electron chi connectivity index (χ4n) is 3.07. The molecule has 2 aliphatic heterocycles. The van der Waals surface area contributed by atoms with E-state index in [1.807, 2.05) is 89.2 Å². The largest absolute Gasteiger partial charge is 0.499 e. The summed E-state index contributed by atoms with van der Waals surface area (Å²) in [6, 6.07) is 0.412. The van der Waals surface area contributed by atoms with Gasteiger partial charge in [-0.05, 0) is 126 Å². The van der Waals surface area contributed by atoms with Crippen LogP contribution in [0.2, 0.25) is 0 Å². The highest BCUT2D eigenvalue weighted by Crippen LogP contribution is 2.19. The monoisotopic (exact) mass is 1200 g/mol. The van der Waals surface area contributed by atoms with E-state index in [-0.39, 0.29) is 73.5 Å². The highest BCUT2D eigenvalue weighted by molar-refractivity contribution is 7.80. The van der Waals surface area contributed by atoms with Gasteiger partial charge in [0.25, 0.3) is 0 Å². The molecule has 0 spiro atoms. The van der Waals surface area contributed by atoms with E-state index in [4.69, 9.17) is 30.1 Å². The average Bonchev–Trinajstić information content (AvgIpc) is 4.18. The Morgan fingerprint density at radius 1 is 0.627 bits per heavy atom. The fourth-order valence-corrected chi connectivity index (χ4v) is 3.07. The number of ether oxygens (including phenoxy) is 7. The highest BCUT2D eigenvalue weighted by Gasteiger charge is 2.25. The summed E-state index contributed by atoms with van der Waals surface area (Å²) in [5.41, 5.74) is 1.01. The van der Waals surface area contributed by atoms with E-state index < -0.39 is 0 Å². The van der Waals surface area contributed by atoms with Crippen LogP contribution >= 0.6 is 12.6 Å². The van der Waals surface area contributed by atoms with Crippen molar-refractivity contribution in [2.24, 2.45) is 35.5 Å². The Balaban J connectivity index is -0.0000000761. The first-order valence-corrected chi connectivity index (χ1v) is 28.9. The van der Waals surface area contributed by atoms with Gasteiger partial charge in [-0.3, -0.25) is 14.4 Å². The number of carbonyl (C=O) groups is 5. The topological polar surface area (TPSA) is 177 Å². The molecule has 2 aliphatic rings. The zero-order chi connectivity index (χ0) is 67.3. The molecule has 0 aromatic rings. The van der Waals surface area contributed by atoms with E-state index in [2.05, 4.69) is 133 Å². The van der Waals surface area contributed by atoms with Crippen molar-refractivity contribution in [3.05, 3.63) is 101 Å². The number of rotatable bonds is 18. The Bertz CT molecular complexity index is 1600. The lowest BCUT2D eigenvalue weighted by atomic mass is 9.95. The Morgan fingerprint density at radius 2 is 1.04 bits per heavy atom. The van der Waals surface area contributed by atoms with Gasteiger partial charge < -0.3 is 43.8 Å². The lowest BCUT2D eigenvalue weighted by Gasteiger charge is -2.29. The van der Waals surface area contributed by atoms with E-state index in [1.54, 1.807) is 61.5 Å². The number of esters is 3. The summed E-state index contributed by atoms with van der Waals surface area (Å²) in [6.45, 7) is 81.5. The van der Waals surface area contributed by atoms with Crippen molar-refractivity contribution in [2.75, 3.05) is 26.4 Å². The molecule has 14 nitrogen and oxygen atoms in total. The molecule has 0 aromatic carbocycles. The van der Waals surface area contributed by atoms with Crippen LogP contribution in [0.3, 0.4) is 0 Å². The second-order valence-electron chi connectivity index (χ2n) is 21.5. The number of thiol groups is 1. The molecule has 1 unspecified atom stereocenters. The number of nitrogens with one attached hydrogen (secondary N) is 2. The first-order chi connectivity index (χ1) is 37.5. The van der Waals surface area contributed by atoms with Crippen molar-refractivity contribution in [3.63, 3.8) is 0 Å². The van der Waals surface area contributed by atoms with E-state index in [1.165, 1.54) is 12.3 Å². The van der Waals surface area contributed by atoms with Gasteiger partial charge in [-0.15, -0.1) is 25.5 Å². The van der Waals surface area contributed by atoms with Gasteiger partial charge in [-0.25, -0.2) is 9.59 Å². The van der Waals surface area contributed by atoms with Gasteiger partial charge in [-0.1, -0.05) is 142 Å². The maximum atomic E-state index is 10.7. The molecule has 83 heavy (non-hydrogen) atoms. The Kier molecular flexibility index (Phi) is 90.4. The zero-order valence-electron chi connectivity index (χ0n) is 57.0. The molecule has 1 atom stereocenters. The van der Waals surface area contributed by atoms with Crippen LogP contribution in [0, 0.1) is 47.9 Å². The van der Waals surface area contributed by atoms with Gasteiger partial charge in [0.05, 0.1) is 75.4 Å². The Morgan fingerprint density at radius 3 is 1.11 bits per heavy atom. The van der Waals surface area contributed by atoms with Crippen LogP contribution in [0.5, 0.6) is 0 Å². The summed E-state index contributed by atoms with van der Waals surface area (Å²) >= 11 is 3.97. The SMILES string of the molecule is C.C#CC(C)C.C=C(C)C(=O)NC(C)C.C=C(C)C(=O)OC(C)C.C=CC(=O)NC(C)C.C=CC(=O)OC(C)C.C=CC(C)C.C=CCOC(C)C.C=COC(=O)C(C)C.C=COC(C)C.CC(C)C1CO1.CC(C)C1COC1.CC(C)S. The number of carbonyl (C=O) groups excluding carboxylic acids is 5. The minimum atomic E-state index is -0.361. The van der Waals surface area contributed by atoms with Crippen LogP contribution in [0.15, 0.2) is 101 Å². The van der Waals surface area contributed by atoms with Gasteiger partial charge in [0.15, 0.2) is 0 Å². The van der Waals surface area contributed by atoms with Crippen molar-refractivity contribution in [3.8, 4) is 12.3 Å². The highest BCUT2D eigenvalue weighted by atomic mass is 32.1. The molecule has 2 rings (SSSR count). The first kappa shape index (κ1) is 103. The van der Waals surface area contributed by atoms with Crippen molar-refractivity contribution in [1.29, 1.82) is 0 Å². The lowest BCUT2D eigenvalue weighted by molar-refractivity contribution is -0.143. The molecular weight excluding hydrogens is 1070 g/mol. The Hall–Kier alpha value is -5.14. The minimum Gasteiger partial charge on any atom is -0.499 e. The summed E-state index contributed by atoms with van der Waals surface area (Å²) in [6.07, 6.45) is 14.7. The molecular formula is C68H130N2O12S. The van der Waals surface area contributed by atoms with Crippen LogP contribution in [0.4, 0.5) is 0 Å². The number of epoxide rings is 1. The number of terminal acetylenes is 1. The van der Waals surface area contributed by atoms with Crippen molar-refractivity contribution >= 4 is 42.4 Å². The maximum absolute atomic E-state index is 10.7. The summed E-state index contributed by atoms with van der Waals surface area (Å²) < 4.78 is 33.7. The molecule has 2 fully saturated rings. The molecule has 0 radical (unpaired) electrons. The molecule has 490 valence electrons. The van der Waals surface area contributed by atoms with Crippen LogP contribution in [0.1, 0.15) is 187 Å². The second-order valence-corrected chi connectivity index (χ2v) is 22.6. The molecule has 2 saturated heterocycles. The van der Waals surface area contributed by atoms with E-state index in [9.17, 15) is 24.0 Å². The van der Waals surface area contributed by atoms with Gasteiger partial charge in [0, 0.05) is 41.1 Å². The van der Waals surface area contributed by atoms with Gasteiger partial charge in [-0.2, -0.15) is 12.6 Å². The molecule has 2 N–H and O–H groups in total. The predicted octanol–water partition coefficient (Wildman–Crippen LogP) is 16.3. The normalized spacial score (nSPS) is 11.6. The number of hydrogen-bond donors (Lipinski definition) is 3. The third-order valence-corrected chi connectivity index (χ3v) is 7.73. The summed E-state index contributed by atoms with van der Waals surface area (Å²) in [4.78, 5) is 52.5. The number of hydrogen-bond acceptors (Lipinski definition) is 13. The average molecular weight is 1200 g/mol. The first-order valence-electron chi connectivity index (χ1n) is 28.4. The van der Waals surface area contributed by atoms with Crippen LogP contribution in [0.25, 0.3) is 0 Å². The molecule has 0 aliphatic carbocycles. The van der Waals surface area contributed by atoms with Crippen LogP contribution in [-0.2, 0) is 57.1 Å². The molecule has 0 bridgehead atoms. The quantitative estimate of drug-likeness (QED) is 0.0173. The summed E-state index contributed by atoms with van der Waals surface area (Å²) in [7, 11) is 0. The van der Waals surface area contributed by atoms with Gasteiger partial charge in [0.2, 0.25) is 11.8 Å². The molecule has 0 saturated carbocycles. The molecule has 0 aromatic heterocycles. The smallest absolute Gasteiger partial charge is 0.333 e. The van der Waals surface area contributed by atoms with Gasteiger partial charge in [0.1, 0.15) is 0 Å². The third-order valence-electron chi connectivity index (χ3n) is 7.73.